The lowest BCUT2D eigenvalue weighted by molar-refractivity contribution is -0.157. The molecule has 0 spiro atoms. The summed E-state index contributed by atoms with van der Waals surface area (Å²) in [6, 6.07) is 0. The zero-order valence-electron chi connectivity index (χ0n) is 7.00. The first-order valence-corrected chi connectivity index (χ1v) is 3.85. The Morgan fingerprint density at radius 2 is 1.82 bits per heavy atom. The fraction of sp³-hybridized carbons (Fsp3) is 1.00. The maximum Gasteiger partial charge on any atom is 0.392 e. The summed E-state index contributed by atoms with van der Waals surface area (Å²) in [6.07, 6.45) is -3.66. The van der Waals surface area contributed by atoms with Crippen molar-refractivity contribution < 1.29 is 13.2 Å². The van der Waals surface area contributed by atoms with Crippen LogP contribution in [0.15, 0.2) is 0 Å². The first-order valence-electron chi connectivity index (χ1n) is 3.85. The van der Waals surface area contributed by atoms with Crippen molar-refractivity contribution in [2.45, 2.75) is 33.4 Å². The van der Waals surface area contributed by atoms with Crippen LogP contribution in [0.1, 0.15) is 27.2 Å². The van der Waals surface area contributed by atoms with Gasteiger partial charge in [0.05, 0.1) is 5.92 Å². The highest BCUT2D eigenvalue weighted by Gasteiger charge is 2.64. The molecule has 0 N–H and O–H groups in total. The molecule has 0 bridgehead atoms. The van der Waals surface area contributed by atoms with Crippen molar-refractivity contribution in [1.29, 1.82) is 0 Å². The molecule has 1 fully saturated rings. The molecule has 0 heterocycles. The Morgan fingerprint density at radius 3 is 1.91 bits per heavy atom. The molecule has 2 atom stereocenters. The molecule has 0 radical (unpaired) electrons. The second-order valence-corrected chi connectivity index (χ2v) is 3.96. The van der Waals surface area contributed by atoms with Gasteiger partial charge < -0.3 is 0 Å². The summed E-state index contributed by atoms with van der Waals surface area (Å²) in [5.41, 5.74) is -0.474. The van der Waals surface area contributed by atoms with Crippen molar-refractivity contribution in [3.05, 3.63) is 0 Å². The Hall–Kier alpha value is -0.210. The van der Waals surface area contributed by atoms with Crippen LogP contribution in [-0.2, 0) is 0 Å². The Bertz CT molecular complexity index is 159. The first-order chi connectivity index (χ1) is 4.78. The lowest BCUT2D eigenvalue weighted by Crippen LogP contribution is -2.19. The molecule has 1 aliphatic rings. The van der Waals surface area contributed by atoms with Gasteiger partial charge >= 0.3 is 6.18 Å². The van der Waals surface area contributed by atoms with Crippen LogP contribution in [0.2, 0.25) is 0 Å². The van der Waals surface area contributed by atoms with Gasteiger partial charge in [-0.25, -0.2) is 0 Å². The minimum Gasteiger partial charge on any atom is -0.171 e. The topological polar surface area (TPSA) is 0 Å². The van der Waals surface area contributed by atoms with Crippen LogP contribution in [0.25, 0.3) is 0 Å². The van der Waals surface area contributed by atoms with E-state index in [0.29, 0.717) is 6.42 Å². The zero-order valence-corrected chi connectivity index (χ0v) is 7.00. The molecule has 1 rings (SSSR count). The van der Waals surface area contributed by atoms with Crippen LogP contribution in [0.5, 0.6) is 0 Å². The molecule has 1 aliphatic carbocycles. The lowest BCUT2D eigenvalue weighted by atomic mass is 9.92. The molecular formula is C8H13F3. The standard InChI is InChI=1S/C8H13F3/c1-5(2)7(3)4-6(7)8(9,10)11/h5-6H,4H2,1-3H3. The van der Waals surface area contributed by atoms with E-state index >= 15 is 0 Å². The Balaban J connectivity index is 2.60. The highest BCUT2D eigenvalue weighted by molar-refractivity contribution is 5.04. The Labute approximate surface area is 64.8 Å². The third-order valence-corrected chi connectivity index (χ3v) is 2.99. The number of hydrogen-bond donors (Lipinski definition) is 0. The molecule has 0 aromatic heterocycles. The second kappa shape index (κ2) is 2.14. The van der Waals surface area contributed by atoms with Crippen LogP contribution in [0.3, 0.4) is 0 Å². The highest BCUT2D eigenvalue weighted by Crippen LogP contribution is 2.63. The fourth-order valence-electron chi connectivity index (χ4n) is 1.51. The molecule has 0 amide bonds. The normalized spacial score (nSPS) is 37.9. The Morgan fingerprint density at radius 1 is 1.36 bits per heavy atom. The van der Waals surface area contributed by atoms with Crippen LogP contribution >= 0.6 is 0 Å². The van der Waals surface area contributed by atoms with Gasteiger partial charge in [-0.1, -0.05) is 20.8 Å². The maximum atomic E-state index is 12.1. The van der Waals surface area contributed by atoms with Crippen molar-refractivity contribution >= 4 is 0 Å². The van der Waals surface area contributed by atoms with E-state index in [1.165, 1.54) is 0 Å². The first kappa shape index (κ1) is 8.88. The summed E-state index contributed by atoms with van der Waals surface area (Å²) in [7, 11) is 0. The minimum absolute atomic E-state index is 0.133. The largest absolute Gasteiger partial charge is 0.392 e. The van der Waals surface area contributed by atoms with Gasteiger partial charge in [-0.2, -0.15) is 13.2 Å². The van der Waals surface area contributed by atoms with E-state index in [2.05, 4.69) is 0 Å². The van der Waals surface area contributed by atoms with E-state index < -0.39 is 17.5 Å². The van der Waals surface area contributed by atoms with Crippen molar-refractivity contribution in [3.8, 4) is 0 Å². The number of hydrogen-bond acceptors (Lipinski definition) is 0. The number of halogens is 3. The second-order valence-electron chi connectivity index (χ2n) is 3.96. The van der Waals surface area contributed by atoms with Crippen LogP contribution in [0, 0.1) is 17.3 Å². The maximum absolute atomic E-state index is 12.1. The summed E-state index contributed by atoms with van der Waals surface area (Å²) in [4.78, 5) is 0. The molecule has 3 heteroatoms. The Kier molecular flexibility index (Phi) is 1.73. The predicted octanol–water partition coefficient (Wildman–Crippen LogP) is 3.23. The molecular weight excluding hydrogens is 153 g/mol. The van der Waals surface area contributed by atoms with Gasteiger partial charge in [0.2, 0.25) is 0 Å². The third kappa shape index (κ3) is 1.37. The monoisotopic (exact) mass is 166 g/mol. The van der Waals surface area contributed by atoms with E-state index in [-0.39, 0.29) is 5.92 Å². The number of alkyl halides is 3. The number of rotatable bonds is 1. The third-order valence-electron chi connectivity index (χ3n) is 2.99. The molecule has 0 aromatic carbocycles. The molecule has 0 aromatic rings. The zero-order chi connectivity index (χ0) is 8.86. The van der Waals surface area contributed by atoms with Gasteiger partial charge in [-0.15, -0.1) is 0 Å². The smallest absolute Gasteiger partial charge is 0.171 e. The van der Waals surface area contributed by atoms with E-state index in [0.717, 1.165) is 0 Å². The van der Waals surface area contributed by atoms with E-state index in [9.17, 15) is 13.2 Å². The van der Waals surface area contributed by atoms with Crippen LogP contribution < -0.4 is 0 Å². The van der Waals surface area contributed by atoms with E-state index in [1.807, 2.05) is 13.8 Å². The minimum atomic E-state index is -3.97. The van der Waals surface area contributed by atoms with Gasteiger partial charge in [-0.3, -0.25) is 0 Å². The van der Waals surface area contributed by atoms with Crippen LogP contribution in [-0.4, -0.2) is 6.18 Å². The van der Waals surface area contributed by atoms with Gasteiger partial charge in [-0.05, 0) is 17.8 Å². The molecule has 2 unspecified atom stereocenters. The van der Waals surface area contributed by atoms with Gasteiger partial charge in [0, 0.05) is 0 Å². The molecule has 0 aliphatic heterocycles. The summed E-state index contributed by atoms with van der Waals surface area (Å²) >= 11 is 0. The van der Waals surface area contributed by atoms with Gasteiger partial charge in [0.15, 0.2) is 0 Å². The van der Waals surface area contributed by atoms with Crippen molar-refractivity contribution in [3.63, 3.8) is 0 Å². The summed E-state index contributed by atoms with van der Waals surface area (Å²) in [6.45, 7) is 5.42. The van der Waals surface area contributed by atoms with Crippen molar-refractivity contribution in [2.75, 3.05) is 0 Å². The quantitative estimate of drug-likeness (QED) is 0.561. The molecule has 0 nitrogen and oxygen atoms in total. The summed E-state index contributed by atoms with van der Waals surface area (Å²) < 4.78 is 36.3. The van der Waals surface area contributed by atoms with E-state index in [1.54, 1.807) is 6.92 Å². The highest BCUT2D eigenvalue weighted by atomic mass is 19.4. The lowest BCUT2D eigenvalue weighted by Gasteiger charge is -2.16. The average Bonchev–Trinajstić information content (AvgIpc) is 2.41. The van der Waals surface area contributed by atoms with Crippen molar-refractivity contribution in [1.82, 2.24) is 0 Å². The van der Waals surface area contributed by atoms with Crippen LogP contribution in [0.4, 0.5) is 13.2 Å². The van der Waals surface area contributed by atoms with Gasteiger partial charge in [0.25, 0.3) is 0 Å². The van der Waals surface area contributed by atoms with Gasteiger partial charge in [0.1, 0.15) is 0 Å². The predicted molar refractivity (Wildman–Crippen MR) is 37.1 cm³/mol. The molecule has 1 saturated carbocycles. The van der Waals surface area contributed by atoms with E-state index in [4.69, 9.17) is 0 Å². The SMILES string of the molecule is CC(C)C1(C)CC1C(F)(F)F. The summed E-state index contributed by atoms with van der Waals surface area (Å²) in [5.74, 6) is -0.913. The van der Waals surface area contributed by atoms with Crippen molar-refractivity contribution in [2.24, 2.45) is 17.3 Å². The molecule has 0 saturated heterocycles. The molecule has 11 heavy (non-hydrogen) atoms. The summed E-state index contributed by atoms with van der Waals surface area (Å²) in [5, 5.41) is 0. The fourth-order valence-corrected chi connectivity index (χ4v) is 1.51. The average molecular weight is 166 g/mol. The molecule has 66 valence electrons.